The number of aromatic nitrogens is 2. The number of amides is 1. The number of hydrogen-bond donors (Lipinski definition) is 1. The van der Waals surface area contributed by atoms with Gasteiger partial charge in [0.1, 0.15) is 6.54 Å². The van der Waals surface area contributed by atoms with E-state index in [4.69, 9.17) is 16.6 Å². The number of aryl methyl sites for hydroxylation is 2. The van der Waals surface area contributed by atoms with Crippen LogP contribution in [0.1, 0.15) is 11.1 Å². The Hall–Kier alpha value is -2.73. The number of hydrogen-bond acceptors (Lipinski definition) is 4. The van der Waals surface area contributed by atoms with Crippen LogP contribution in [0.2, 0.25) is 0 Å². The molecule has 0 saturated heterocycles. The van der Waals surface area contributed by atoms with Crippen molar-refractivity contribution in [1.82, 2.24) is 9.78 Å². The van der Waals surface area contributed by atoms with Crippen molar-refractivity contribution in [3.05, 3.63) is 64.5 Å². The molecule has 3 rings (SSSR count). The van der Waals surface area contributed by atoms with E-state index in [1.807, 2.05) is 62.4 Å². The molecular weight excluding hydrogens is 322 g/mol. The van der Waals surface area contributed by atoms with Gasteiger partial charge in [-0.15, -0.1) is 5.10 Å². The van der Waals surface area contributed by atoms with Gasteiger partial charge in [-0.05, 0) is 50.3 Å². The first-order valence-electron chi connectivity index (χ1n) is 7.53. The summed E-state index contributed by atoms with van der Waals surface area (Å²) < 4.78 is 6.88. The third-order valence-corrected chi connectivity index (χ3v) is 3.83. The van der Waals surface area contributed by atoms with Gasteiger partial charge in [-0.1, -0.05) is 35.4 Å². The van der Waals surface area contributed by atoms with Gasteiger partial charge >= 0.3 is 0 Å². The number of nitrogens with zero attached hydrogens (tertiary/aromatic N) is 2. The largest absolute Gasteiger partial charge is 0.409 e. The minimum atomic E-state index is -0.210. The standard InChI is InChI=1S/C18H17N3O2S/c1-12-3-7-14(8-4-12)17-20-21(18(24)23-17)11-16(22)19-15-9-5-13(2)6-10-15/h3-10H,11H2,1-2H3,(H,19,22). The Labute approximate surface area is 144 Å². The van der Waals surface area contributed by atoms with Gasteiger partial charge < -0.3 is 9.73 Å². The highest BCUT2D eigenvalue weighted by Crippen LogP contribution is 2.18. The van der Waals surface area contributed by atoms with Crippen molar-refractivity contribution in [3.63, 3.8) is 0 Å². The molecule has 3 aromatic rings. The minimum Gasteiger partial charge on any atom is -0.409 e. The molecule has 0 saturated carbocycles. The first kappa shape index (κ1) is 16.1. The third-order valence-electron chi connectivity index (χ3n) is 3.53. The number of benzene rings is 2. The van der Waals surface area contributed by atoms with Crippen LogP contribution in [0.25, 0.3) is 11.5 Å². The van der Waals surface area contributed by atoms with E-state index >= 15 is 0 Å². The van der Waals surface area contributed by atoms with Gasteiger partial charge in [0.2, 0.25) is 11.8 Å². The molecule has 0 atom stereocenters. The Kier molecular flexibility index (Phi) is 4.57. The van der Waals surface area contributed by atoms with E-state index < -0.39 is 0 Å². The molecule has 2 aromatic carbocycles. The van der Waals surface area contributed by atoms with E-state index in [0.29, 0.717) is 5.89 Å². The first-order valence-corrected chi connectivity index (χ1v) is 7.93. The lowest BCUT2D eigenvalue weighted by molar-refractivity contribution is -0.117. The van der Waals surface area contributed by atoms with E-state index in [2.05, 4.69) is 10.4 Å². The fourth-order valence-electron chi connectivity index (χ4n) is 2.19. The van der Waals surface area contributed by atoms with Gasteiger partial charge in [-0.25, -0.2) is 4.68 Å². The van der Waals surface area contributed by atoms with Crippen LogP contribution in [0, 0.1) is 18.7 Å². The maximum absolute atomic E-state index is 12.1. The van der Waals surface area contributed by atoms with Crippen molar-refractivity contribution in [1.29, 1.82) is 0 Å². The molecule has 0 aliphatic rings. The summed E-state index contributed by atoms with van der Waals surface area (Å²) in [6, 6.07) is 15.3. The summed E-state index contributed by atoms with van der Waals surface area (Å²) >= 11 is 5.15. The van der Waals surface area contributed by atoms with Crippen LogP contribution in [-0.4, -0.2) is 15.7 Å². The molecule has 1 heterocycles. The normalized spacial score (nSPS) is 10.6. The molecule has 24 heavy (non-hydrogen) atoms. The zero-order chi connectivity index (χ0) is 17.1. The lowest BCUT2D eigenvalue weighted by atomic mass is 10.1. The Morgan fingerprint density at radius 1 is 1.08 bits per heavy atom. The average molecular weight is 339 g/mol. The first-order chi connectivity index (χ1) is 11.5. The van der Waals surface area contributed by atoms with Gasteiger partial charge in [0.05, 0.1) is 0 Å². The number of carbonyl (C=O) groups is 1. The summed E-state index contributed by atoms with van der Waals surface area (Å²) in [5.74, 6) is 0.196. The van der Waals surface area contributed by atoms with Crippen molar-refractivity contribution < 1.29 is 9.21 Å². The highest BCUT2D eigenvalue weighted by atomic mass is 32.1. The Bertz CT molecular complexity index is 909. The van der Waals surface area contributed by atoms with Crippen LogP contribution in [0.4, 0.5) is 5.69 Å². The monoisotopic (exact) mass is 339 g/mol. The summed E-state index contributed by atoms with van der Waals surface area (Å²) in [5.41, 5.74) is 3.84. The third kappa shape index (κ3) is 3.78. The van der Waals surface area contributed by atoms with Crippen LogP contribution in [-0.2, 0) is 11.3 Å². The summed E-state index contributed by atoms with van der Waals surface area (Å²) in [5, 5.41) is 7.10. The smallest absolute Gasteiger partial charge is 0.287 e. The zero-order valence-electron chi connectivity index (χ0n) is 13.4. The van der Waals surface area contributed by atoms with E-state index in [1.54, 1.807) is 0 Å². The topological polar surface area (TPSA) is 60.1 Å². The van der Waals surface area contributed by atoms with Crippen molar-refractivity contribution in [2.24, 2.45) is 0 Å². The molecule has 6 heteroatoms. The molecule has 122 valence electrons. The maximum Gasteiger partial charge on any atom is 0.287 e. The van der Waals surface area contributed by atoms with Gasteiger partial charge in [-0.3, -0.25) is 4.79 Å². The summed E-state index contributed by atoms with van der Waals surface area (Å²) in [4.78, 5) is 12.3. The van der Waals surface area contributed by atoms with Crippen molar-refractivity contribution in [2.75, 3.05) is 5.32 Å². The van der Waals surface area contributed by atoms with Gasteiger partial charge in [0, 0.05) is 11.3 Å². The fraction of sp³-hybridized carbons (Fsp3) is 0.167. The molecule has 0 unspecified atom stereocenters. The molecule has 0 bridgehead atoms. The lowest BCUT2D eigenvalue weighted by Crippen LogP contribution is -2.19. The molecule has 1 aromatic heterocycles. The molecule has 1 amide bonds. The number of carbonyl (C=O) groups excluding carboxylic acids is 1. The van der Waals surface area contributed by atoms with Gasteiger partial charge in [0.25, 0.3) is 4.84 Å². The average Bonchev–Trinajstić information content (AvgIpc) is 2.91. The molecule has 0 radical (unpaired) electrons. The van der Waals surface area contributed by atoms with Crippen LogP contribution >= 0.6 is 12.2 Å². The predicted octanol–water partition coefficient (Wildman–Crippen LogP) is 4.13. The molecule has 5 nitrogen and oxygen atoms in total. The fourth-order valence-corrected chi connectivity index (χ4v) is 2.38. The van der Waals surface area contributed by atoms with Crippen LogP contribution in [0.5, 0.6) is 0 Å². The second-order valence-corrected chi connectivity index (χ2v) is 5.96. The molecule has 1 N–H and O–H groups in total. The number of anilines is 1. The molecule has 0 aliphatic carbocycles. The molecule has 0 aliphatic heterocycles. The Morgan fingerprint density at radius 2 is 1.67 bits per heavy atom. The van der Waals surface area contributed by atoms with Crippen molar-refractivity contribution >= 4 is 23.8 Å². The van der Waals surface area contributed by atoms with Crippen molar-refractivity contribution in [3.8, 4) is 11.5 Å². The summed E-state index contributed by atoms with van der Waals surface area (Å²) in [7, 11) is 0. The van der Waals surface area contributed by atoms with Gasteiger partial charge in [-0.2, -0.15) is 0 Å². The SMILES string of the molecule is Cc1ccc(NC(=O)Cn2nc(-c3ccc(C)cc3)oc2=S)cc1. The van der Waals surface area contributed by atoms with E-state index in [9.17, 15) is 4.79 Å². The van der Waals surface area contributed by atoms with E-state index in [1.165, 1.54) is 4.68 Å². The minimum absolute atomic E-state index is 0.00205. The Morgan fingerprint density at radius 3 is 2.29 bits per heavy atom. The second kappa shape index (κ2) is 6.80. The van der Waals surface area contributed by atoms with E-state index in [0.717, 1.165) is 22.4 Å². The van der Waals surface area contributed by atoms with Crippen LogP contribution in [0.3, 0.4) is 0 Å². The molecule has 0 fully saturated rings. The molecule has 0 spiro atoms. The second-order valence-electron chi connectivity index (χ2n) is 5.61. The summed E-state index contributed by atoms with van der Waals surface area (Å²) in [6.07, 6.45) is 0. The van der Waals surface area contributed by atoms with Crippen LogP contribution < -0.4 is 5.32 Å². The molecular formula is C18H17N3O2S. The zero-order valence-corrected chi connectivity index (χ0v) is 14.3. The van der Waals surface area contributed by atoms with Gasteiger partial charge in [0.15, 0.2) is 0 Å². The number of nitrogens with one attached hydrogen (secondary N) is 1. The van der Waals surface area contributed by atoms with Crippen molar-refractivity contribution in [2.45, 2.75) is 20.4 Å². The Balaban J connectivity index is 1.73. The summed E-state index contributed by atoms with van der Waals surface area (Å²) in [6.45, 7) is 4.00. The number of rotatable bonds is 4. The predicted molar refractivity (Wildman–Crippen MR) is 95.3 cm³/mol. The highest BCUT2D eigenvalue weighted by molar-refractivity contribution is 7.71. The quantitative estimate of drug-likeness (QED) is 0.726. The van der Waals surface area contributed by atoms with E-state index in [-0.39, 0.29) is 17.3 Å². The maximum atomic E-state index is 12.1. The highest BCUT2D eigenvalue weighted by Gasteiger charge is 2.11. The lowest BCUT2D eigenvalue weighted by Gasteiger charge is -2.04. The van der Waals surface area contributed by atoms with Crippen LogP contribution in [0.15, 0.2) is 52.9 Å².